The molecule has 1 rings (SSSR count). The lowest BCUT2D eigenvalue weighted by Gasteiger charge is -2.21. The van der Waals surface area contributed by atoms with Crippen LogP contribution < -0.4 is 0 Å². The molecular formula is C14H23NO2. The van der Waals surface area contributed by atoms with Gasteiger partial charge in [0, 0.05) is 26.2 Å². The van der Waals surface area contributed by atoms with Crippen molar-refractivity contribution in [2.75, 3.05) is 26.3 Å². The maximum Gasteiger partial charge on any atom is 0.0558 e. The number of aliphatic hydroxyl groups excluding tert-OH is 2. The lowest BCUT2D eigenvalue weighted by molar-refractivity contribution is 0.174. The SMILES string of the molecule is Cc1ccc(CN(CCO)CCCO)cc1C. The molecule has 0 heterocycles. The number of hydrogen-bond donors (Lipinski definition) is 2. The molecule has 3 nitrogen and oxygen atoms in total. The second-order valence-corrected chi connectivity index (χ2v) is 4.50. The van der Waals surface area contributed by atoms with E-state index in [0.29, 0.717) is 6.54 Å². The van der Waals surface area contributed by atoms with E-state index in [2.05, 4.69) is 36.9 Å². The van der Waals surface area contributed by atoms with Gasteiger partial charge in [0.1, 0.15) is 0 Å². The van der Waals surface area contributed by atoms with Crippen LogP contribution in [0.3, 0.4) is 0 Å². The van der Waals surface area contributed by atoms with Gasteiger partial charge in [0.25, 0.3) is 0 Å². The zero-order valence-electron chi connectivity index (χ0n) is 10.8. The van der Waals surface area contributed by atoms with Gasteiger partial charge in [0.15, 0.2) is 0 Å². The lowest BCUT2D eigenvalue weighted by Crippen LogP contribution is -2.28. The molecule has 0 bridgehead atoms. The van der Waals surface area contributed by atoms with Crippen LogP contribution in [-0.2, 0) is 6.54 Å². The Labute approximate surface area is 104 Å². The molecule has 1 aromatic rings. The lowest BCUT2D eigenvalue weighted by atomic mass is 10.1. The van der Waals surface area contributed by atoms with E-state index in [-0.39, 0.29) is 13.2 Å². The molecule has 96 valence electrons. The van der Waals surface area contributed by atoms with Gasteiger partial charge in [-0.1, -0.05) is 18.2 Å². The van der Waals surface area contributed by atoms with Crippen LogP contribution in [0.4, 0.5) is 0 Å². The highest BCUT2D eigenvalue weighted by atomic mass is 16.3. The fraction of sp³-hybridized carbons (Fsp3) is 0.571. The van der Waals surface area contributed by atoms with Crippen molar-refractivity contribution < 1.29 is 10.2 Å². The van der Waals surface area contributed by atoms with Crippen LogP contribution in [0.5, 0.6) is 0 Å². The predicted octanol–water partition coefficient (Wildman–Crippen LogP) is 1.48. The molecule has 0 saturated heterocycles. The molecule has 17 heavy (non-hydrogen) atoms. The third kappa shape index (κ3) is 4.86. The molecule has 0 unspecified atom stereocenters. The van der Waals surface area contributed by atoms with E-state index < -0.39 is 0 Å². The Morgan fingerprint density at radius 3 is 2.35 bits per heavy atom. The molecule has 0 atom stereocenters. The van der Waals surface area contributed by atoms with E-state index in [1.54, 1.807) is 0 Å². The molecule has 0 aliphatic heterocycles. The van der Waals surface area contributed by atoms with Crippen molar-refractivity contribution in [2.24, 2.45) is 0 Å². The zero-order valence-corrected chi connectivity index (χ0v) is 10.8. The molecule has 0 aromatic heterocycles. The van der Waals surface area contributed by atoms with E-state index in [0.717, 1.165) is 19.5 Å². The van der Waals surface area contributed by atoms with E-state index in [9.17, 15) is 0 Å². The van der Waals surface area contributed by atoms with Gasteiger partial charge in [0.05, 0.1) is 6.61 Å². The summed E-state index contributed by atoms with van der Waals surface area (Å²) in [4.78, 5) is 2.17. The van der Waals surface area contributed by atoms with Gasteiger partial charge in [0.2, 0.25) is 0 Å². The summed E-state index contributed by atoms with van der Waals surface area (Å²) in [5.41, 5.74) is 3.87. The molecule has 0 spiro atoms. The summed E-state index contributed by atoms with van der Waals surface area (Å²) in [5, 5.41) is 17.8. The molecule has 0 aliphatic rings. The third-order valence-electron chi connectivity index (χ3n) is 3.03. The summed E-state index contributed by atoms with van der Waals surface area (Å²) in [7, 11) is 0. The van der Waals surface area contributed by atoms with Crippen molar-refractivity contribution >= 4 is 0 Å². The van der Waals surface area contributed by atoms with Gasteiger partial charge in [-0.3, -0.25) is 4.90 Å². The molecule has 0 fully saturated rings. The van der Waals surface area contributed by atoms with Crippen molar-refractivity contribution in [1.29, 1.82) is 0 Å². The van der Waals surface area contributed by atoms with Crippen molar-refractivity contribution in [3.63, 3.8) is 0 Å². The van der Waals surface area contributed by atoms with Crippen LogP contribution in [-0.4, -0.2) is 41.4 Å². The predicted molar refractivity (Wildman–Crippen MR) is 70.0 cm³/mol. The highest BCUT2D eigenvalue weighted by molar-refractivity contribution is 5.29. The molecule has 0 aliphatic carbocycles. The Kier molecular flexibility index (Phi) is 6.19. The number of aliphatic hydroxyl groups is 2. The van der Waals surface area contributed by atoms with Crippen molar-refractivity contribution in [3.8, 4) is 0 Å². The summed E-state index contributed by atoms with van der Waals surface area (Å²) < 4.78 is 0. The molecule has 2 N–H and O–H groups in total. The number of aryl methyl sites for hydroxylation is 2. The first-order valence-corrected chi connectivity index (χ1v) is 6.17. The summed E-state index contributed by atoms with van der Waals surface area (Å²) in [6, 6.07) is 6.46. The van der Waals surface area contributed by atoms with Gasteiger partial charge < -0.3 is 10.2 Å². The summed E-state index contributed by atoms with van der Waals surface area (Å²) >= 11 is 0. The smallest absolute Gasteiger partial charge is 0.0558 e. The van der Waals surface area contributed by atoms with E-state index in [1.807, 2.05) is 0 Å². The fourth-order valence-corrected chi connectivity index (χ4v) is 1.87. The summed E-state index contributed by atoms with van der Waals surface area (Å²) in [6.45, 7) is 6.91. The van der Waals surface area contributed by atoms with Crippen molar-refractivity contribution in [2.45, 2.75) is 26.8 Å². The standard InChI is InChI=1S/C14H23NO2/c1-12-4-5-14(10-13(12)2)11-15(7-9-17)6-3-8-16/h4-5,10,16-17H,3,6-9,11H2,1-2H3. The Morgan fingerprint density at radius 1 is 1.00 bits per heavy atom. The van der Waals surface area contributed by atoms with Gasteiger partial charge >= 0.3 is 0 Å². The highest BCUT2D eigenvalue weighted by Crippen LogP contribution is 2.12. The molecule has 0 amide bonds. The van der Waals surface area contributed by atoms with Crippen LogP contribution in [0.15, 0.2) is 18.2 Å². The number of nitrogens with zero attached hydrogens (tertiary/aromatic N) is 1. The van der Waals surface area contributed by atoms with Gasteiger partial charge in [-0.25, -0.2) is 0 Å². The second-order valence-electron chi connectivity index (χ2n) is 4.50. The van der Waals surface area contributed by atoms with E-state index in [1.165, 1.54) is 16.7 Å². The first-order chi connectivity index (χ1) is 8.17. The molecule has 0 radical (unpaired) electrons. The van der Waals surface area contributed by atoms with Crippen LogP contribution in [0.25, 0.3) is 0 Å². The van der Waals surface area contributed by atoms with Gasteiger partial charge in [-0.15, -0.1) is 0 Å². The molecule has 0 saturated carbocycles. The average Bonchev–Trinajstić information content (AvgIpc) is 2.31. The third-order valence-corrected chi connectivity index (χ3v) is 3.03. The van der Waals surface area contributed by atoms with Crippen LogP contribution >= 0.6 is 0 Å². The minimum atomic E-state index is 0.163. The quantitative estimate of drug-likeness (QED) is 0.755. The normalized spacial score (nSPS) is 11.1. The fourth-order valence-electron chi connectivity index (χ4n) is 1.87. The maximum atomic E-state index is 9.01. The first-order valence-electron chi connectivity index (χ1n) is 6.17. The van der Waals surface area contributed by atoms with Crippen molar-refractivity contribution in [1.82, 2.24) is 4.90 Å². The van der Waals surface area contributed by atoms with E-state index in [4.69, 9.17) is 10.2 Å². The molecule has 1 aromatic carbocycles. The Balaban J connectivity index is 2.61. The van der Waals surface area contributed by atoms with Gasteiger partial charge in [-0.2, -0.15) is 0 Å². The van der Waals surface area contributed by atoms with Gasteiger partial charge in [-0.05, 0) is 37.0 Å². The Hall–Kier alpha value is -0.900. The number of benzene rings is 1. The largest absolute Gasteiger partial charge is 0.396 e. The van der Waals surface area contributed by atoms with E-state index >= 15 is 0 Å². The summed E-state index contributed by atoms with van der Waals surface area (Å²) in [6.07, 6.45) is 0.755. The molecule has 3 heteroatoms. The van der Waals surface area contributed by atoms with Crippen LogP contribution in [0.1, 0.15) is 23.1 Å². The molecular weight excluding hydrogens is 214 g/mol. The average molecular weight is 237 g/mol. The van der Waals surface area contributed by atoms with Crippen LogP contribution in [0.2, 0.25) is 0 Å². The number of rotatable bonds is 7. The minimum absolute atomic E-state index is 0.163. The summed E-state index contributed by atoms with van der Waals surface area (Å²) in [5.74, 6) is 0. The Morgan fingerprint density at radius 2 is 1.76 bits per heavy atom. The first kappa shape index (κ1) is 14.2. The van der Waals surface area contributed by atoms with Crippen LogP contribution in [0, 0.1) is 13.8 Å². The topological polar surface area (TPSA) is 43.7 Å². The minimum Gasteiger partial charge on any atom is -0.396 e. The second kappa shape index (κ2) is 7.43. The van der Waals surface area contributed by atoms with Crippen molar-refractivity contribution in [3.05, 3.63) is 34.9 Å². The maximum absolute atomic E-state index is 9.01. The number of hydrogen-bond acceptors (Lipinski definition) is 3. The Bertz CT molecular complexity index is 339. The highest BCUT2D eigenvalue weighted by Gasteiger charge is 2.05. The monoisotopic (exact) mass is 237 g/mol. The zero-order chi connectivity index (χ0) is 12.7.